The molecule has 3 N–H and O–H groups in total. The van der Waals surface area contributed by atoms with Crippen LogP contribution in [0.25, 0.3) is 22.4 Å². The van der Waals surface area contributed by atoms with Gasteiger partial charge in [-0.25, -0.2) is 24.3 Å². The zero-order valence-corrected chi connectivity index (χ0v) is 20.8. The average Bonchev–Trinajstić information content (AvgIpc) is 3.43. The third-order valence-corrected chi connectivity index (χ3v) is 5.60. The minimum atomic E-state index is -4.85. The summed E-state index contributed by atoms with van der Waals surface area (Å²) in [5, 5.41) is 6.04. The van der Waals surface area contributed by atoms with Crippen molar-refractivity contribution < 1.29 is 35.5 Å². The number of fused-ring (bicyclic) bond motifs is 1. The lowest BCUT2D eigenvalue weighted by molar-refractivity contribution is -0.141. The second kappa shape index (κ2) is 11.6. The van der Waals surface area contributed by atoms with Gasteiger partial charge in [-0.2, -0.15) is 26.3 Å². The molecule has 41 heavy (non-hydrogen) atoms. The maximum atomic E-state index is 13.7. The first-order chi connectivity index (χ1) is 19.4. The van der Waals surface area contributed by atoms with Gasteiger partial charge in [-0.05, 0) is 48.5 Å². The number of carbonyl (C=O) groups is 1. The number of anilines is 3. The summed E-state index contributed by atoms with van der Waals surface area (Å²) in [5.41, 5.74) is 0.206. The van der Waals surface area contributed by atoms with Crippen LogP contribution in [0, 0.1) is 5.82 Å². The van der Waals surface area contributed by atoms with Crippen LogP contribution in [0.15, 0.2) is 67.4 Å². The Bertz CT molecular complexity index is 1680. The second-order valence-electron chi connectivity index (χ2n) is 8.21. The van der Waals surface area contributed by atoms with E-state index in [0.29, 0.717) is 28.5 Å². The molecular weight excluding hydrogens is 559 g/mol. The standard InChI is InChI=1S/C17H14FN7.C9H4F6O/c1-19-13-7-10(4-5-12(13)18)25-16-11(3-2-6-20-16)14-15-17(23-8-21-14)24-9-22-15;10-8(11,12)6-1-2-7(9(13,14)15)5(3-6)4-16/h2-9,19H,1H3,(H,20,25)(H,21,22,23,24);1-4H. The Morgan fingerprint density at radius 1 is 0.902 bits per heavy atom. The SMILES string of the molecule is CNc1cc(Nc2ncccc2-c2ncnc3nc[nH]c23)ccc1F.O=Cc1cc(C(F)(F)F)ccc1C(F)(F)F. The molecule has 8 nitrogen and oxygen atoms in total. The third-order valence-electron chi connectivity index (χ3n) is 5.60. The Morgan fingerprint density at radius 3 is 2.37 bits per heavy atom. The molecule has 0 radical (unpaired) electrons. The van der Waals surface area contributed by atoms with Gasteiger partial charge >= 0.3 is 12.4 Å². The van der Waals surface area contributed by atoms with Gasteiger partial charge in [0.05, 0.1) is 23.1 Å². The highest BCUT2D eigenvalue weighted by molar-refractivity contribution is 5.91. The number of hydrogen-bond donors (Lipinski definition) is 3. The fourth-order valence-electron chi connectivity index (χ4n) is 3.69. The van der Waals surface area contributed by atoms with Crippen molar-refractivity contribution in [1.82, 2.24) is 24.9 Å². The van der Waals surface area contributed by atoms with Crippen LogP contribution >= 0.6 is 0 Å². The number of aldehydes is 1. The molecule has 212 valence electrons. The van der Waals surface area contributed by atoms with E-state index in [0.717, 1.165) is 11.1 Å². The van der Waals surface area contributed by atoms with Crippen LogP contribution in [-0.4, -0.2) is 38.3 Å². The van der Waals surface area contributed by atoms with E-state index >= 15 is 0 Å². The highest BCUT2D eigenvalue weighted by Gasteiger charge is 2.36. The first-order valence-corrected chi connectivity index (χ1v) is 11.5. The highest BCUT2D eigenvalue weighted by Crippen LogP contribution is 2.36. The second-order valence-corrected chi connectivity index (χ2v) is 8.21. The van der Waals surface area contributed by atoms with E-state index in [1.54, 1.807) is 31.7 Å². The van der Waals surface area contributed by atoms with Crippen molar-refractivity contribution in [3.05, 3.63) is 89.9 Å². The number of carbonyl (C=O) groups excluding carboxylic acids is 1. The predicted octanol–water partition coefficient (Wildman–Crippen LogP) is 6.88. The molecule has 0 saturated carbocycles. The number of H-pyrrole nitrogens is 1. The van der Waals surface area contributed by atoms with Crippen LogP contribution in [-0.2, 0) is 12.4 Å². The number of benzene rings is 2. The van der Waals surface area contributed by atoms with Crippen LogP contribution in [0.5, 0.6) is 0 Å². The zero-order valence-electron chi connectivity index (χ0n) is 20.8. The summed E-state index contributed by atoms with van der Waals surface area (Å²) in [6.45, 7) is 0. The molecule has 0 unspecified atom stereocenters. The van der Waals surface area contributed by atoms with E-state index in [1.807, 2.05) is 12.1 Å². The molecule has 0 aliphatic heterocycles. The maximum absolute atomic E-state index is 13.7. The molecule has 0 aliphatic rings. The lowest BCUT2D eigenvalue weighted by Gasteiger charge is -2.12. The maximum Gasteiger partial charge on any atom is 0.417 e. The summed E-state index contributed by atoms with van der Waals surface area (Å²) in [6, 6.07) is 9.17. The number of nitrogens with one attached hydrogen (secondary N) is 3. The van der Waals surface area contributed by atoms with Gasteiger partial charge in [0.2, 0.25) is 0 Å². The Kier molecular flexibility index (Phi) is 8.16. The van der Waals surface area contributed by atoms with Gasteiger partial charge in [0, 0.05) is 30.1 Å². The molecule has 0 fully saturated rings. The summed E-state index contributed by atoms with van der Waals surface area (Å²) in [5.74, 6) is 0.287. The summed E-state index contributed by atoms with van der Waals surface area (Å²) < 4.78 is 86.7. The van der Waals surface area contributed by atoms with Crippen molar-refractivity contribution in [1.29, 1.82) is 0 Å². The summed E-state index contributed by atoms with van der Waals surface area (Å²) in [6.07, 6.45) is -5.15. The van der Waals surface area contributed by atoms with E-state index < -0.39 is 29.0 Å². The molecule has 0 bridgehead atoms. The van der Waals surface area contributed by atoms with Crippen molar-refractivity contribution in [3.63, 3.8) is 0 Å². The van der Waals surface area contributed by atoms with Crippen LogP contribution in [0.4, 0.5) is 47.9 Å². The molecule has 0 atom stereocenters. The number of nitrogens with zero attached hydrogens (tertiary/aromatic N) is 4. The van der Waals surface area contributed by atoms with Gasteiger partial charge in [-0.3, -0.25) is 4.79 Å². The molecule has 0 spiro atoms. The fraction of sp³-hybridized carbons (Fsp3) is 0.115. The molecule has 5 aromatic rings. The Hall–Kier alpha value is -5.08. The predicted molar refractivity (Wildman–Crippen MR) is 136 cm³/mol. The number of rotatable bonds is 5. The Labute approximate surface area is 226 Å². The molecular formula is C26H18F7N7O. The third kappa shape index (κ3) is 6.57. The highest BCUT2D eigenvalue weighted by atomic mass is 19.4. The van der Waals surface area contributed by atoms with Gasteiger partial charge in [-0.15, -0.1) is 0 Å². The van der Waals surface area contributed by atoms with Crippen molar-refractivity contribution >= 4 is 34.6 Å². The zero-order chi connectivity index (χ0) is 29.8. The van der Waals surface area contributed by atoms with Crippen LogP contribution in [0.2, 0.25) is 0 Å². The molecule has 15 heteroatoms. The van der Waals surface area contributed by atoms with Crippen molar-refractivity contribution in [2.75, 3.05) is 17.7 Å². The molecule has 5 rings (SSSR count). The first-order valence-electron chi connectivity index (χ1n) is 11.5. The minimum Gasteiger partial charge on any atom is -0.386 e. The first kappa shape index (κ1) is 28.9. The fourth-order valence-corrected chi connectivity index (χ4v) is 3.69. The topological polar surface area (TPSA) is 108 Å². The van der Waals surface area contributed by atoms with Gasteiger partial charge < -0.3 is 15.6 Å². The number of aromatic amines is 1. The van der Waals surface area contributed by atoms with Crippen LogP contribution in [0.3, 0.4) is 0 Å². The van der Waals surface area contributed by atoms with Crippen molar-refractivity contribution in [2.45, 2.75) is 12.4 Å². The largest absolute Gasteiger partial charge is 0.417 e. The number of halogens is 7. The van der Waals surface area contributed by atoms with Crippen LogP contribution in [0.1, 0.15) is 21.5 Å². The number of pyridine rings is 1. The van der Waals surface area contributed by atoms with E-state index in [1.165, 1.54) is 12.4 Å². The molecule has 3 aromatic heterocycles. The normalized spacial score (nSPS) is 11.5. The summed E-state index contributed by atoms with van der Waals surface area (Å²) in [4.78, 5) is 30.4. The Morgan fingerprint density at radius 2 is 1.68 bits per heavy atom. The lowest BCUT2D eigenvalue weighted by Crippen LogP contribution is -2.12. The number of alkyl halides is 6. The molecule has 0 saturated heterocycles. The van der Waals surface area contributed by atoms with Gasteiger partial charge in [0.1, 0.15) is 29.2 Å². The van der Waals surface area contributed by atoms with Gasteiger partial charge in [-0.1, -0.05) is 0 Å². The van der Waals surface area contributed by atoms with E-state index in [2.05, 4.69) is 35.6 Å². The minimum absolute atomic E-state index is 0.176. The quantitative estimate of drug-likeness (QED) is 0.154. The number of imidazole rings is 1. The van der Waals surface area contributed by atoms with E-state index in [9.17, 15) is 35.5 Å². The number of hydrogen-bond acceptors (Lipinski definition) is 7. The molecule has 0 amide bonds. The summed E-state index contributed by atoms with van der Waals surface area (Å²) >= 11 is 0. The van der Waals surface area contributed by atoms with Gasteiger partial charge in [0.15, 0.2) is 11.9 Å². The molecule has 2 aromatic carbocycles. The van der Waals surface area contributed by atoms with Crippen molar-refractivity contribution in [2.24, 2.45) is 0 Å². The van der Waals surface area contributed by atoms with Crippen molar-refractivity contribution in [3.8, 4) is 11.3 Å². The Balaban J connectivity index is 0.000000210. The molecule has 3 heterocycles. The number of aromatic nitrogens is 5. The van der Waals surface area contributed by atoms with Gasteiger partial charge in [0.25, 0.3) is 0 Å². The molecule has 0 aliphatic carbocycles. The average molecular weight is 577 g/mol. The van der Waals surface area contributed by atoms with Crippen LogP contribution < -0.4 is 10.6 Å². The monoisotopic (exact) mass is 577 g/mol. The smallest absolute Gasteiger partial charge is 0.386 e. The van der Waals surface area contributed by atoms with E-state index in [4.69, 9.17) is 0 Å². The lowest BCUT2D eigenvalue weighted by atomic mass is 10.0. The van der Waals surface area contributed by atoms with E-state index in [-0.39, 0.29) is 30.3 Å². The summed E-state index contributed by atoms with van der Waals surface area (Å²) in [7, 11) is 1.67.